The number of hydrogen-bond acceptors (Lipinski definition) is 4. The topological polar surface area (TPSA) is 51.6 Å². The van der Waals surface area contributed by atoms with Crippen LogP contribution in [0.15, 0.2) is 316 Å². The van der Waals surface area contributed by atoms with Crippen LogP contribution < -0.4 is 0 Å². The second kappa shape index (κ2) is 25.6. The van der Waals surface area contributed by atoms with Crippen molar-refractivity contribution < 1.29 is 0 Å². The molecule has 0 unspecified atom stereocenters. The highest BCUT2D eigenvalue weighted by Crippen LogP contribution is 2.52. The third-order valence-corrected chi connectivity index (χ3v) is 18.6. The van der Waals surface area contributed by atoms with Gasteiger partial charge in [0.2, 0.25) is 0 Å². The molecule has 15 rings (SSSR count). The van der Waals surface area contributed by atoms with Gasteiger partial charge in [0.25, 0.3) is 0 Å². The van der Waals surface area contributed by atoms with Gasteiger partial charge in [-0.25, -0.2) is 0 Å². The highest BCUT2D eigenvalue weighted by atomic mass is 14.6. The summed E-state index contributed by atoms with van der Waals surface area (Å²) < 4.78 is 0. The van der Waals surface area contributed by atoms with E-state index in [0.29, 0.717) is 0 Å². The molecule has 0 radical (unpaired) electrons. The SMILES string of the molecule is C=C/C=C1/CC=CC(/C(=C\C)c2ccc(-c3ccncc3)cc2)=C(C)C1=C.CC1(C)c2cc(-c3ccncc3)ccc2-c2ccc(-c3ccc4ccc5c(-c6ccc(-c7cccnc7)cc6)ccc6ccc3c4c65)cc21.CCc1ccc(-c2ccncc2)cc1C. The van der Waals surface area contributed by atoms with E-state index in [9.17, 15) is 0 Å². The molecule has 0 atom stereocenters. The second-order valence-electron chi connectivity index (χ2n) is 24.1. The highest BCUT2D eigenvalue weighted by Gasteiger charge is 2.36. The van der Waals surface area contributed by atoms with Crippen LogP contribution in [0.1, 0.15) is 68.9 Å². The third kappa shape index (κ3) is 11.6. The van der Waals surface area contributed by atoms with Crippen molar-refractivity contribution in [3.63, 3.8) is 0 Å². The number of aryl methyl sites for hydroxylation is 2. The van der Waals surface area contributed by atoms with Gasteiger partial charge in [-0.2, -0.15) is 0 Å². The molecule has 4 aromatic heterocycles. The van der Waals surface area contributed by atoms with Crippen LogP contribution >= 0.6 is 0 Å². The molecule has 440 valence electrons. The molecule has 13 aromatic rings. The van der Waals surface area contributed by atoms with Gasteiger partial charge >= 0.3 is 0 Å². The maximum Gasteiger partial charge on any atom is 0.0346 e. The lowest BCUT2D eigenvalue weighted by atomic mass is 9.80. The van der Waals surface area contributed by atoms with Crippen molar-refractivity contribution in [2.75, 3.05) is 0 Å². The zero-order valence-corrected chi connectivity index (χ0v) is 52.7. The van der Waals surface area contributed by atoms with Gasteiger partial charge in [-0.05, 0) is 254 Å². The molecule has 0 aliphatic heterocycles. The fourth-order valence-corrected chi connectivity index (χ4v) is 13.5. The van der Waals surface area contributed by atoms with E-state index in [1.165, 1.54) is 155 Å². The largest absolute Gasteiger partial charge is 0.265 e. The minimum absolute atomic E-state index is 0.116. The summed E-state index contributed by atoms with van der Waals surface area (Å²) >= 11 is 0. The van der Waals surface area contributed by atoms with Gasteiger partial charge in [-0.3, -0.25) is 19.9 Å². The molecule has 0 spiro atoms. The predicted molar refractivity (Wildman–Crippen MR) is 386 cm³/mol. The van der Waals surface area contributed by atoms with Crippen LogP contribution in [0.3, 0.4) is 0 Å². The van der Waals surface area contributed by atoms with E-state index in [2.05, 4.69) is 269 Å². The van der Waals surface area contributed by atoms with E-state index >= 15 is 0 Å². The fourth-order valence-electron chi connectivity index (χ4n) is 13.5. The summed E-state index contributed by atoms with van der Waals surface area (Å²) in [4.78, 5) is 16.6. The Morgan fingerprint density at radius 3 is 1.51 bits per heavy atom. The molecule has 2 aliphatic carbocycles. The molecule has 91 heavy (non-hydrogen) atoms. The quantitative estimate of drug-likeness (QED) is 0.128. The number of benzene rings is 9. The predicted octanol–water partition coefficient (Wildman–Crippen LogP) is 23.1. The molecule has 4 nitrogen and oxygen atoms in total. The molecule has 0 fully saturated rings. The first-order valence-corrected chi connectivity index (χ1v) is 31.5. The zero-order valence-electron chi connectivity index (χ0n) is 52.7. The highest BCUT2D eigenvalue weighted by molar-refractivity contribution is 6.27. The van der Waals surface area contributed by atoms with Crippen molar-refractivity contribution in [3.05, 3.63) is 343 Å². The standard InChI is InChI=1S/C47H32N2.C26H25N.C14H15N/c1-47(2)43-26-34(30-21-24-48-25-22-30)13-17-39(43)40-18-14-35(27-44(40)47)38-16-10-33-11-19-41-37(15-9-32-12-20-42(38)46(33)45(32)41)31-7-5-29(6-8-31)36-4-3-23-49-28-36;1-5-8-21-9-7-10-26(20(4)19(21)3)25(6-2)24-13-11-22(12-14-24)23-15-17-27-18-16-23;1-3-12-4-5-14(10-11(12)2)13-6-8-15-9-7-13/h3-28H,1-2H3;5-8,10-18H,1,3,9H2,2,4H3;4-10H,3H2,1-2H3/b;21-8-,25-6-;. The van der Waals surface area contributed by atoms with Gasteiger partial charge in [0, 0.05) is 55.0 Å². The lowest BCUT2D eigenvalue weighted by molar-refractivity contribution is 0.661. The number of allylic oxidation sites excluding steroid dienone is 10. The summed E-state index contributed by atoms with van der Waals surface area (Å²) in [5, 5.41) is 7.81. The number of nitrogens with zero attached hydrogens (tertiary/aromatic N) is 4. The normalized spacial score (nSPS) is 13.8. The first-order valence-electron chi connectivity index (χ1n) is 31.5. The van der Waals surface area contributed by atoms with Gasteiger partial charge in [-0.1, -0.05) is 210 Å². The van der Waals surface area contributed by atoms with Crippen molar-refractivity contribution in [2.45, 2.75) is 59.8 Å². The van der Waals surface area contributed by atoms with Crippen LogP contribution in [0.2, 0.25) is 0 Å². The number of rotatable bonds is 10. The summed E-state index contributed by atoms with van der Waals surface area (Å²) in [6.45, 7) is 21.5. The lowest BCUT2D eigenvalue weighted by Crippen LogP contribution is -2.15. The minimum Gasteiger partial charge on any atom is -0.265 e. The van der Waals surface area contributed by atoms with E-state index < -0.39 is 0 Å². The van der Waals surface area contributed by atoms with Gasteiger partial charge in [-0.15, -0.1) is 0 Å². The summed E-state index contributed by atoms with van der Waals surface area (Å²) in [6.07, 6.45) is 27.3. The molecule has 2 aliphatic rings. The van der Waals surface area contributed by atoms with E-state index in [1.54, 1.807) is 0 Å². The maximum absolute atomic E-state index is 4.32. The number of pyridine rings is 4. The maximum atomic E-state index is 4.32. The second-order valence-corrected chi connectivity index (χ2v) is 24.1. The molecular weight excluding hydrogens is 1100 g/mol. The molecule has 4 heteroatoms. The van der Waals surface area contributed by atoms with E-state index in [4.69, 9.17) is 0 Å². The average Bonchev–Trinajstić information content (AvgIpc) is 1.73. The van der Waals surface area contributed by atoms with Crippen molar-refractivity contribution in [3.8, 4) is 77.9 Å². The van der Waals surface area contributed by atoms with Gasteiger partial charge in [0.1, 0.15) is 0 Å². The van der Waals surface area contributed by atoms with Crippen molar-refractivity contribution in [1.82, 2.24) is 19.9 Å². The van der Waals surface area contributed by atoms with Crippen molar-refractivity contribution in [1.29, 1.82) is 0 Å². The van der Waals surface area contributed by atoms with Crippen LogP contribution in [0.25, 0.3) is 116 Å². The molecule has 0 saturated heterocycles. The molecule has 0 bridgehead atoms. The lowest BCUT2D eigenvalue weighted by Gasteiger charge is -2.23. The van der Waals surface area contributed by atoms with Crippen LogP contribution in [-0.4, -0.2) is 19.9 Å². The Morgan fingerprint density at radius 2 is 0.956 bits per heavy atom. The van der Waals surface area contributed by atoms with Crippen molar-refractivity contribution >= 4 is 37.9 Å². The first kappa shape index (κ1) is 59.0. The third-order valence-electron chi connectivity index (χ3n) is 18.6. The molecule has 0 saturated carbocycles. The molecule has 9 aromatic carbocycles. The summed E-state index contributed by atoms with van der Waals surface area (Å²) in [6, 6.07) is 73.1. The fraction of sp³-hybridized carbons (Fsp3) is 0.103. The van der Waals surface area contributed by atoms with Crippen LogP contribution in [0, 0.1) is 6.92 Å². The summed E-state index contributed by atoms with van der Waals surface area (Å²) in [7, 11) is 0. The number of aromatic nitrogens is 4. The van der Waals surface area contributed by atoms with Gasteiger partial charge in [0.15, 0.2) is 0 Å². The Kier molecular flexibility index (Phi) is 16.6. The Balaban J connectivity index is 0.000000150. The first-order chi connectivity index (χ1) is 44.5. The smallest absolute Gasteiger partial charge is 0.0346 e. The van der Waals surface area contributed by atoms with E-state index in [-0.39, 0.29) is 5.41 Å². The Bertz CT molecular complexity index is 4970. The van der Waals surface area contributed by atoms with Crippen LogP contribution in [-0.2, 0) is 11.8 Å². The van der Waals surface area contributed by atoms with E-state index in [1.807, 2.05) is 86.0 Å². The van der Waals surface area contributed by atoms with Crippen LogP contribution in [0.4, 0.5) is 0 Å². The van der Waals surface area contributed by atoms with E-state index in [0.717, 1.165) is 24.0 Å². The monoisotopic (exact) mass is 1170 g/mol. The molecule has 0 amide bonds. The van der Waals surface area contributed by atoms with Gasteiger partial charge in [0.05, 0.1) is 0 Å². The summed E-state index contributed by atoms with van der Waals surface area (Å²) in [5.41, 5.74) is 29.9. The van der Waals surface area contributed by atoms with Gasteiger partial charge < -0.3 is 0 Å². The number of hydrogen-bond donors (Lipinski definition) is 0. The Hall–Kier alpha value is -10.9. The number of fused-ring (bicyclic) bond motifs is 3. The van der Waals surface area contributed by atoms with Crippen molar-refractivity contribution in [2.24, 2.45) is 0 Å². The Morgan fingerprint density at radius 1 is 0.484 bits per heavy atom. The average molecular weight is 1170 g/mol. The molecule has 4 heterocycles. The Labute approximate surface area is 535 Å². The zero-order chi connectivity index (χ0) is 62.6. The molecule has 0 N–H and O–H groups in total. The van der Waals surface area contributed by atoms with Crippen LogP contribution in [0.5, 0.6) is 0 Å². The summed E-state index contributed by atoms with van der Waals surface area (Å²) in [5.74, 6) is 0. The molecular formula is C87H72N4. The minimum atomic E-state index is -0.116.